The van der Waals surface area contributed by atoms with Gasteiger partial charge in [0.1, 0.15) is 0 Å². The Kier molecular flexibility index (Phi) is 13.2. The second-order valence-corrected chi connectivity index (χ2v) is 3.82. The number of nitrogens with zero attached hydrogens (tertiary/aromatic N) is 1. The third-order valence-corrected chi connectivity index (χ3v) is 2.64. The van der Waals surface area contributed by atoms with Crippen molar-refractivity contribution in [2.75, 3.05) is 24.7 Å². The highest BCUT2D eigenvalue weighted by molar-refractivity contribution is 7.97. The Bertz CT molecular complexity index is 191. The van der Waals surface area contributed by atoms with Crippen molar-refractivity contribution in [2.24, 2.45) is 5.73 Å². The number of carbonyl (C=O) groups is 2. The molecule has 5 nitrogen and oxygen atoms in total. The number of amides is 2. The van der Waals surface area contributed by atoms with Crippen LogP contribution in [0.3, 0.4) is 0 Å². The summed E-state index contributed by atoms with van der Waals surface area (Å²) in [7, 11) is 0. The summed E-state index contributed by atoms with van der Waals surface area (Å²) in [5, 5.41) is 8.43. The monoisotopic (exact) mass is 254 g/mol. The standard InChI is InChI=1S/C6H13NO2S.C2H5NOS/c1-3-7(6(2)9)10-5-4-8;3-2(4)1-5/h8H,3-5H2,1-2H3;5H,1H2,(H2,3,4). The number of hydrogen-bond acceptors (Lipinski definition) is 5. The summed E-state index contributed by atoms with van der Waals surface area (Å²) in [6.45, 7) is 4.24. The average Bonchev–Trinajstić information content (AvgIpc) is 2.19. The Labute approximate surface area is 99.9 Å². The number of nitrogens with two attached hydrogens (primary N) is 1. The Morgan fingerprint density at radius 1 is 1.53 bits per heavy atom. The molecule has 2 amide bonds. The van der Waals surface area contributed by atoms with Crippen LogP contribution in [-0.4, -0.2) is 45.9 Å². The van der Waals surface area contributed by atoms with Gasteiger partial charge in [-0.3, -0.25) is 13.9 Å². The summed E-state index contributed by atoms with van der Waals surface area (Å²) < 4.78 is 1.62. The Morgan fingerprint density at radius 2 is 2.00 bits per heavy atom. The van der Waals surface area contributed by atoms with Crippen molar-refractivity contribution >= 4 is 36.4 Å². The predicted molar refractivity (Wildman–Crippen MR) is 65.7 cm³/mol. The molecule has 0 bridgehead atoms. The van der Waals surface area contributed by atoms with Crippen molar-refractivity contribution in [3.8, 4) is 0 Å². The SMILES string of the molecule is CCN(SCCO)C(C)=O.NC(=O)CS. The Balaban J connectivity index is 0. The van der Waals surface area contributed by atoms with Gasteiger partial charge in [0.05, 0.1) is 12.4 Å². The second-order valence-electron chi connectivity index (χ2n) is 2.40. The Hall–Kier alpha value is -0.400. The fraction of sp³-hybridized carbons (Fsp3) is 0.750. The van der Waals surface area contributed by atoms with Crippen LogP contribution >= 0.6 is 24.6 Å². The van der Waals surface area contributed by atoms with Crippen molar-refractivity contribution in [1.29, 1.82) is 0 Å². The molecule has 0 radical (unpaired) electrons. The van der Waals surface area contributed by atoms with E-state index in [1.165, 1.54) is 18.9 Å². The van der Waals surface area contributed by atoms with Crippen LogP contribution < -0.4 is 5.73 Å². The third kappa shape index (κ3) is 13.6. The number of thiol groups is 1. The molecule has 0 aromatic heterocycles. The largest absolute Gasteiger partial charge is 0.395 e. The molecule has 0 heterocycles. The fourth-order valence-electron chi connectivity index (χ4n) is 0.556. The molecule has 0 saturated carbocycles. The molecule has 7 heteroatoms. The highest BCUT2D eigenvalue weighted by atomic mass is 32.2. The number of aliphatic hydroxyl groups is 1. The zero-order valence-corrected chi connectivity index (χ0v) is 10.7. The molecule has 0 fully saturated rings. The zero-order chi connectivity index (χ0) is 12.3. The van der Waals surface area contributed by atoms with E-state index in [1.54, 1.807) is 4.31 Å². The van der Waals surface area contributed by atoms with Gasteiger partial charge in [-0.25, -0.2) is 0 Å². The van der Waals surface area contributed by atoms with Crippen molar-refractivity contribution < 1.29 is 14.7 Å². The third-order valence-electron chi connectivity index (χ3n) is 1.13. The molecule has 0 atom stereocenters. The van der Waals surface area contributed by atoms with Crippen LogP contribution in [0.1, 0.15) is 13.8 Å². The lowest BCUT2D eigenvalue weighted by molar-refractivity contribution is -0.123. The quantitative estimate of drug-likeness (QED) is 0.472. The van der Waals surface area contributed by atoms with Crippen LogP contribution in [0.2, 0.25) is 0 Å². The summed E-state index contributed by atoms with van der Waals surface area (Å²) in [5.41, 5.74) is 4.58. The van der Waals surface area contributed by atoms with E-state index in [4.69, 9.17) is 5.11 Å². The molecule has 0 spiro atoms. The topological polar surface area (TPSA) is 83.6 Å². The van der Waals surface area contributed by atoms with Gasteiger partial charge in [-0.1, -0.05) is 0 Å². The van der Waals surface area contributed by atoms with E-state index in [1.807, 2.05) is 6.92 Å². The first kappa shape index (κ1) is 17.0. The number of hydrogen-bond donors (Lipinski definition) is 3. The molecule has 3 N–H and O–H groups in total. The number of aliphatic hydroxyl groups excluding tert-OH is 1. The van der Waals surface area contributed by atoms with Crippen molar-refractivity contribution in [2.45, 2.75) is 13.8 Å². The summed E-state index contributed by atoms with van der Waals surface area (Å²) in [4.78, 5) is 20.2. The molecule has 0 aromatic carbocycles. The van der Waals surface area contributed by atoms with Crippen LogP contribution in [0.25, 0.3) is 0 Å². The van der Waals surface area contributed by atoms with E-state index < -0.39 is 0 Å². The number of carbonyl (C=O) groups excluding carboxylic acids is 2. The first-order valence-electron chi connectivity index (χ1n) is 4.40. The number of rotatable bonds is 5. The first-order chi connectivity index (χ1) is 6.99. The zero-order valence-electron chi connectivity index (χ0n) is 8.97. The summed E-state index contributed by atoms with van der Waals surface area (Å²) in [6, 6.07) is 0. The minimum atomic E-state index is -0.381. The first-order valence-corrected chi connectivity index (χ1v) is 5.98. The molecule has 0 rings (SSSR count). The van der Waals surface area contributed by atoms with Crippen molar-refractivity contribution in [1.82, 2.24) is 4.31 Å². The lowest BCUT2D eigenvalue weighted by Gasteiger charge is -2.15. The lowest BCUT2D eigenvalue weighted by Crippen LogP contribution is -2.21. The minimum absolute atomic E-state index is 0.0425. The maximum absolute atomic E-state index is 10.7. The smallest absolute Gasteiger partial charge is 0.229 e. The van der Waals surface area contributed by atoms with Gasteiger partial charge in [0.15, 0.2) is 0 Å². The molecule has 0 aromatic rings. The van der Waals surface area contributed by atoms with Gasteiger partial charge >= 0.3 is 0 Å². The predicted octanol–water partition coefficient (Wildman–Crippen LogP) is -0.103. The Morgan fingerprint density at radius 3 is 2.20 bits per heavy atom. The molecule has 90 valence electrons. The highest BCUT2D eigenvalue weighted by Crippen LogP contribution is 2.07. The van der Waals surface area contributed by atoms with Crippen LogP contribution in [0.5, 0.6) is 0 Å². The molecule has 0 aliphatic rings. The van der Waals surface area contributed by atoms with E-state index in [-0.39, 0.29) is 24.2 Å². The van der Waals surface area contributed by atoms with Gasteiger partial charge < -0.3 is 10.8 Å². The molecule has 0 saturated heterocycles. The molecular formula is C8H18N2O3S2. The van der Waals surface area contributed by atoms with Crippen molar-refractivity contribution in [3.63, 3.8) is 0 Å². The van der Waals surface area contributed by atoms with Crippen LogP contribution in [0.15, 0.2) is 0 Å². The lowest BCUT2D eigenvalue weighted by atomic mass is 10.6. The van der Waals surface area contributed by atoms with E-state index in [0.717, 1.165) is 0 Å². The summed E-state index contributed by atoms with van der Waals surface area (Å²) in [5.74, 6) is 0.391. The maximum Gasteiger partial charge on any atom is 0.229 e. The minimum Gasteiger partial charge on any atom is -0.395 e. The average molecular weight is 254 g/mol. The highest BCUT2D eigenvalue weighted by Gasteiger charge is 2.04. The molecule has 0 unspecified atom stereocenters. The summed E-state index contributed by atoms with van der Waals surface area (Å²) >= 11 is 4.90. The molecular weight excluding hydrogens is 236 g/mol. The van der Waals surface area contributed by atoms with E-state index in [2.05, 4.69) is 18.4 Å². The molecule has 0 aliphatic heterocycles. The van der Waals surface area contributed by atoms with Crippen LogP contribution in [0, 0.1) is 0 Å². The molecule has 0 aliphatic carbocycles. The van der Waals surface area contributed by atoms with Crippen LogP contribution in [-0.2, 0) is 9.59 Å². The van der Waals surface area contributed by atoms with Crippen LogP contribution in [0.4, 0.5) is 0 Å². The van der Waals surface area contributed by atoms with E-state index in [9.17, 15) is 9.59 Å². The fourth-order valence-corrected chi connectivity index (χ4v) is 1.22. The van der Waals surface area contributed by atoms with E-state index in [0.29, 0.717) is 12.3 Å². The van der Waals surface area contributed by atoms with Gasteiger partial charge in [0.2, 0.25) is 11.8 Å². The van der Waals surface area contributed by atoms with Gasteiger partial charge in [0, 0.05) is 19.2 Å². The van der Waals surface area contributed by atoms with Gasteiger partial charge in [0.25, 0.3) is 0 Å². The molecule has 15 heavy (non-hydrogen) atoms. The summed E-state index contributed by atoms with van der Waals surface area (Å²) in [6.07, 6.45) is 0. The van der Waals surface area contributed by atoms with Gasteiger partial charge in [-0.05, 0) is 18.9 Å². The van der Waals surface area contributed by atoms with Gasteiger partial charge in [-0.15, -0.1) is 0 Å². The van der Waals surface area contributed by atoms with E-state index >= 15 is 0 Å². The second kappa shape index (κ2) is 11.7. The maximum atomic E-state index is 10.7. The number of primary amides is 1. The van der Waals surface area contributed by atoms with Crippen molar-refractivity contribution in [3.05, 3.63) is 0 Å². The van der Waals surface area contributed by atoms with Gasteiger partial charge in [-0.2, -0.15) is 12.6 Å². The normalized spacial score (nSPS) is 8.80.